The fraction of sp³-hybridized carbons (Fsp3) is 0.940. The summed E-state index contributed by atoms with van der Waals surface area (Å²) < 4.78 is 68.1. The molecular weight excluding hydrogens is 1140 g/mol. The van der Waals surface area contributed by atoms with Crippen LogP contribution < -0.4 is 0 Å². The van der Waals surface area contributed by atoms with Crippen LogP contribution in [-0.2, 0) is 65.4 Å². The second-order valence-electron chi connectivity index (χ2n) is 25.6. The highest BCUT2D eigenvalue weighted by Crippen LogP contribution is 2.45. The van der Waals surface area contributed by atoms with Crippen LogP contribution in [0.1, 0.15) is 331 Å². The maximum atomic E-state index is 13.0. The fourth-order valence-corrected chi connectivity index (χ4v) is 11.6. The van der Waals surface area contributed by atoms with Crippen LogP contribution in [0, 0.1) is 17.8 Å². The van der Waals surface area contributed by atoms with E-state index in [1.54, 1.807) is 0 Å². The molecule has 0 aliphatic carbocycles. The summed E-state index contributed by atoms with van der Waals surface area (Å²) in [7, 11) is -9.89. The lowest BCUT2D eigenvalue weighted by Gasteiger charge is -2.21. The number of phosphoric acid groups is 2. The number of esters is 4. The molecule has 0 saturated heterocycles. The van der Waals surface area contributed by atoms with Gasteiger partial charge in [0.2, 0.25) is 0 Å². The van der Waals surface area contributed by atoms with Crippen molar-refractivity contribution in [1.82, 2.24) is 0 Å². The van der Waals surface area contributed by atoms with Crippen molar-refractivity contribution in [2.24, 2.45) is 17.8 Å². The number of unbranched alkanes of at least 4 members (excludes halogenated alkanes) is 33. The van der Waals surface area contributed by atoms with Crippen molar-refractivity contribution >= 4 is 39.5 Å². The Kier molecular flexibility index (Phi) is 56.9. The van der Waals surface area contributed by atoms with E-state index in [4.69, 9.17) is 37.0 Å². The van der Waals surface area contributed by atoms with Gasteiger partial charge in [-0.05, 0) is 43.4 Å². The molecule has 0 heterocycles. The predicted octanol–water partition coefficient (Wildman–Crippen LogP) is 18.7. The zero-order valence-corrected chi connectivity index (χ0v) is 57.6. The van der Waals surface area contributed by atoms with Crippen LogP contribution in [0.25, 0.3) is 0 Å². The largest absolute Gasteiger partial charge is 0.472 e. The first-order chi connectivity index (χ1) is 41.2. The van der Waals surface area contributed by atoms with Gasteiger partial charge in [0.15, 0.2) is 12.2 Å². The van der Waals surface area contributed by atoms with Gasteiger partial charge in [-0.2, -0.15) is 0 Å². The fourth-order valence-electron chi connectivity index (χ4n) is 10.0. The molecule has 510 valence electrons. The zero-order chi connectivity index (χ0) is 63.8. The first-order valence-corrected chi connectivity index (χ1v) is 37.8. The van der Waals surface area contributed by atoms with Crippen LogP contribution in [-0.4, -0.2) is 96.7 Å². The molecule has 0 aliphatic heterocycles. The molecule has 86 heavy (non-hydrogen) atoms. The molecule has 2 unspecified atom stereocenters. The Hall–Kier alpha value is -1.94. The number of hydrogen-bond acceptors (Lipinski definition) is 15. The van der Waals surface area contributed by atoms with E-state index in [1.165, 1.54) is 135 Å². The highest BCUT2D eigenvalue weighted by Gasteiger charge is 2.30. The molecule has 0 aromatic carbocycles. The lowest BCUT2D eigenvalue weighted by Crippen LogP contribution is -2.30. The molecule has 0 saturated carbocycles. The minimum atomic E-state index is -4.95. The maximum absolute atomic E-state index is 13.0. The second kappa shape index (κ2) is 58.2. The third-order valence-electron chi connectivity index (χ3n) is 15.4. The summed E-state index contributed by atoms with van der Waals surface area (Å²) in [6.45, 7) is 11.7. The molecule has 0 radical (unpaired) electrons. The molecule has 19 heteroatoms. The molecule has 0 aromatic heterocycles. The Labute approximate surface area is 524 Å². The van der Waals surface area contributed by atoms with Gasteiger partial charge >= 0.3 is 39.5 Å². The standard InChI is InChI=1S/C67H130O17P2/c1-8-9-10-11-12-13-14-17-20-26-34-41-48-64(69)77-54-62(83-66(71)50-43-36-27-21-18-15-16-19-24-31-38-45-58(2)3)56-81-85(73,74)79-52-61(68)53-80-86(75,76)82-57-63(55-78-65(70)49-42-35-30-29-33-40-47-60(6)7)84-67(72)51-44-37-28-23-22-25-32-39-46-59(4)5/h58-63,68H,8-57H2,1-7H3,(H,73,74)(H,75,76)/t61-,62-,63-/m1/s1. The van der Waals surface area contributed by atoms with Crippen LogP contribution >= 0.6 is 15.6 Å². The third-order valence-corrected chi connectivity index (χ3v) is 17.3. The molecule has 0 amide bonds. The normalized spacial score (nSPS) is 14.3. The molecular formula is C67H130O17P2. The number of rotatable bonds is 65. The highest BCUT2D eigenvalue weighted by atomic mass is 31.2. The Balaban J connectivity index is 5.25. The summed E-state index contributed by atoms with van der Waals surface area (Å²) in [6, 6.07) is 0. The van der Waals surface area contributed by atoms with Gasteiger partial charge in [-0.3, -0.25) is 37.3 Å². The number of phosphoric ester groups is 2. The summed E-state index contributed by atoms with van der Waals surface area (Å²) >= 11 is 0. The van der Waals surface area contributed by atoms with Crippen molar-refractivity contribution < 1.29 is 80.2 Å². The van der Waals surface area contributed by atoms with E-state index in [0.29, 0.717) is 31.6 Å². The smallest absolute Gasteiger partial charge is 0.462 e. The summed E-state index contributed by atoms with van der Waals surface area (Å²) in [5.41, 5.74) is 0. The quantitative estimate of drug-likeness (QED) is 0.0222. The maximum Gasteiger partial charge on any atom is 0.472 e. The average Bonchev–Trinajstić information content (AvgIpc) is 3.53. The summed E-state index contributed by atoms with van der Waals surface area (Å²) in [6.07, 6.45) is 40.4. The van der Waals surface area contributed by atoms with Gasteiger partial charge in [0.05, 0.1) is 26.4 Å². The molecule has 0 aliphatic rings. The number of carbonyl (C=O) groups excluding carboxylic acids is 4. The SMILES string of the molecule is CCCCCCCCCCCCCCC(=O)OC[C@H](COP(=O)(O)OC[C@@H](O)COP(=O)(O)OC[C@@H](COC(=O)CCCCCCCCC(C)C)OC(=O)CCCCCCCCCCC(C)C)OC(=O)CCCCCCCCCCCCCC(C)C. The van der Waals surface area contributed by atoms with Gasteiger partial charge in [0, 0.05) is 25.7 Å². The van der Waals surface area contributed by atoms with Crippen LogP contribution in [0.3, 0.4) is 0 Å². The second-order valence-corrected chi connectivity index (χ2v) is 28.5. The van der Waals surface area contributed by atoms with Gasteiger partial charge in [0.25, 0.3) is 0 Å². The van der Waals surface area contributed by atoms with Crippen LogP contribution in [0.2, 0.25) is 0 Å². The first kappa shape index (κ1) is 84.1. The average molecular weight is 1270 g/mol. The summed E-state index contributed by atoms with van der Waals surface area (Å²) in [4.78, 5) is 72.3. The van der Waals surface area contributed by atoms with Crippen molar-refractivity contribution in [3.8, 4) is 0 Å². The van der Waals surface area contributed by atoms with E-state index < -0.39 is 97.5 Å². The molecule has 0 rings (SSSR count). The molecule has 0 bridgehead atoms. The number of aliphatic hydroxyl groups is 1. The van der Waals surface area contributed by atoms with Crippen LogP contribution in [0.5, 0.6) is 0 Å². The van der Waals surface area contributed by atoms with Crippen molar-refractivity contribution in [3.05, 3.63) is 0 Å². The number of ether oxygens (including phenoxy) is 4. The highest BCUT2D eigenvalue weighted by molar-refractivity contribution is 7.47. The van der Waals surface area contributed by atoms with E-state index in [1.807, 2.05) is 0 Å². The van der Waals surface area contributed by atoms with Gasteiger partial charge in [0.1, 0.15) is 19.3 Å². The Morgan fingerprint density at radius 3 is 0.791 bits per heavy atom. The topological polar surface area (TPSA) is 237 Å². The van der Waals surface area contributed by atoms with Crippen LogP contribution in [0.4, 0.5) is 0 Å². The summed E-state index contributed by atoms with van der Waals surface area (Å²) in [5.74, 6) is 0.0299. The Morgan fingerprint density at radius 2 is 0.535 bits per heavy atom. The van der Waals surface area contributed by atoms with Gasteiger partial charge in [-0.1, -0.05) is 280 Å². The lowest BCUT2D eigenvalue weighted by molar-refractivity contribution is -0.161. The molecule has 5 atom stereocenters. The molecule has 0 aromatic rings. The minimum Gasteiger partial charge on any atom is -0.462 e. The van der Waals surface area contributed by atoms with Crippen LogP contribution in [0.15, 0.2) is 0 Å². The monoisotopic (exact) mass is 1270 g/mol. The van der Waals surface area contributed by atoms with Gasteiger partial charge in [-0.25, -0.2) is 9.13 Å². The van der Waals surface area contributed by atoms with E-state index in [0.717, 1.165) is 108 Å². The predicted molar refractivity (Wildman–Crippen MR) is 344 cm³/mol. The van der Waals surface area contributed by atoms with E-state index in [2.05, 4.69) is 48.5 Å². The minimum absolute atomic E-state index is 0.103. The summed E-state index contributed by atoms with van der Waals surface area (Å²) in [5, 5.41) is 10.6. The van der Waals surface area contributed by atoms with E-state index in [-0.39, 0.29) is 25.7 Å². The van der Waals surface area contributed by atoms with Crippen molar-refractivity contribution in [2.75, 3.05) is 39.6 Å². The zero-order valence-electron chi connectivity index (χ0n) is 55.8. The molecule has 0 spiro atoms. The molecule has 17 nitrogen and oxygen atoms in total. The molecule has 0 fully saturated rings. The Morgan fingerprint density at radius 1 is 0.314 bits per heavy atom. The van der Waals surface area contributed by atoms with E-state index >= 15 is 0 Å². The van der Waals surface area contributed by atoms with E-state index in [9.17, 15) is 43.2 Å². The molecule has 3 N–H and O–H groups in total. The van der Waals surface area contributed by atoms with Gasteiger partial charge in [-0.15, -0.1) is 0 Å². The van der Waals surface area contributed by atoms with Gasteiger partial charge < -0.3 is 33.8 Å². The first-order valence-electron chi connectivity index (χ1n) is 34.8. The number of carbonyl (C=O) groups is 4. The van der Waals surface area contributed by atoms with Crippen molar-refractivity contribution in [3.63, 3.8) is 0 Å². The van der Waals surface area contributed by atoms with Crippen molar-refractivity contribution in [2.45, 2.75) is 349 Å². The lowest BCUT2D eigenvalue weighted by atomic mass is 10.0. The Bertz CT molecular complexity index is 1700. The number of aliphatic hydroxyl groups excluding tert-OH is 1. The number of hydrogen-bond donors (Lipinski definition) is 3. The third kappa shape index (κ3) is 60.9. The van der Waals surface area contributed by atoms with Crippen molar-refractivity contribution in [1.29, 1.82) is 0 Å².